The lowest BCUT2D eigenvalue weighted by atomic mass is 10.3. The molecule has 4 nitrogen and oxygen atoms in total. The van der Waals surface area contributed by atoms with Gasteiger partial charge in [0.1, 0.15) is 0 Å². The van der Waals surface area contributed by atoms with Crippen molar-refractivity contribution in [2.75, 3.05) is 0 Å². The second-order valence-electron chi connectivity index (χ2n) is 3.65. The number of alkyl halides is 13. The van der Waals surface area contributed by atoms with E-state index in [0.717, 1.165) is 0 Å². The van der Waals surface area contributed by atoms with E-state index in [1.54, 1.807) is 9.47 Å². The van der Waals surface area contributed by atoms with Crippen molar-refractivity contribution in [3.05, 3.63) is 0 Å². The van der Waals surface area contributed by atoms with Crippen molar-refractivity contribution in [3.8, 4) is 0 Å². The first-order valence-electron chi connectivity index (χ1n) is 4.70. The number of ether oxygens (including phenoxy) is 2. The lowest BCUT2D eigenvalue weighted by Gasteiger charge is -2.32. The monoisotopic (exact) mass is 412 g/mol. The quantitative estimate of drug-likeness (QED) is 0.391. The van der Waals surface area contributed by atoms with Gasteiger partial charge in [-0.15, -0.1) is 8.78 Å². The average Bonchev–Trinajstić information content (AvgIpc) is 2.22. The highest BCUT2D eigenvalue weighted by atomic mass is 35.5. The van der Waals surface area contributed by atoms with E-state index in [9.17, 15) is 57.5 Å². The third-order valence-corrected chi connectivity index (χ3v) is 2.28. The predicted molar refractivity (Wildman–Crippen MR) is 45.3 cm³/mol. The Morgan fingerprint density at radius 3 is 1.38 bits per heavy atom. The number of carboxylic acids is 1. The van der Waals surface area contributed by atoms with Crippen LogP contribution >= 0.6 is 11.6 Å². The van der Waals surface area contributed by atoms with E-state index in [1.165, 1.54) is 0 Å². The van der Waals surface area contributed by atoms with Crippen LogP contribution in [0.1, 0.15) is 0 Å². The van der Waals surface area contributed by atoms with Crippen molar-refractivity contribution in [3.63, 3.8) is 0 Å². The van der Waals surface area contributed by atoms with Gasteiger partial charge in [0.25, 0.3) is 0 Å². The Morgan fingerprint density at radius 2 is 1.08 bits per heavy atom. The summed E-state index contributed by atoms with van der Waals surface area (Å²) < 4.78 is 152. The number of hydrogen-bond donors (Lipinski definition) is 1. The highest BCUT2D eigenvalue weighted by Gasteiger charge is 2.76. The van der Waals surface area contributed by atoms with Crippen LogP contribution < -0.4 is 0 Å². The Kier molecular flexibility index (Phi) is 5.69. The molecular weight excluding hydrogens is 412 g/mol. The van der Waals surface area contributed by atoms with Gasteiger partial charge in [-0.25, -0.2) is 18.7 Å². The molecule has 0 aromatic heterocycles. The van der Waals surface area contributed by atoms with Crippen LogP contribution in [0.25, 0.3) is 0 Å². The zero-order valence-corrected chi connectivity index (χ0v) is 10.8. The second-order valence-corrected chi connectivity index (χ2v) is 4.17. The first-order valence-corrected chi connectivity index (χ1v) is 5.08. The highest BCUT2D eigenvalue weighted by Crippen LogP contribution is 2.51. The van der Waals surface area contributed by atoms with E-state index in [4.69, 9.17) is 5.11 Å². The molecule has 0 aliphatic rings. The molecule has 0 aromatic rings. The minimum absolute atomic E-state index is 1.70. The standard InChI is InChI=1S/C7HClF12O4/c8-3(11,4(12,13)14)6(17,18)24-7(19,20)23-5(15,16)2(9,10)1(21)22/h(H,21,22). The average molecular weight is 413 g/mol. The summed E-state index contributed by atoms with van der Waals surface area (Å²) in [5, 5.41) is 1.26. The fourth-order valence-corrected chi connectivity index (χ4v) is 0.776. The maximum atomic E-state index is 12.7. The van der Waals surface area contributed by atoms with Crippen LogP contribution in [0, 0.1) is 0 Å². The summed E-state index contributed by atoms with van der Waals surface area (Å²) in [6, 6.07) is 0. The van der Waals surface area contributed by atoms with Crippen molar-refractivity contribution in [2.24, 2.45) is 0 Å². The molecule has 0 rings (SSSR count). The molecule has 1 N–H and O–H groups in total. The maximum Gasteiger partial charge on any atom is 0.495 e. The Balaban J connectivity index is 5.54. The smallest absolute Gasteiger partial charge is 0.477 e. The largest absolute Gasteiger partial charge is 0.495 e. The minimum atomic E-state index is -6.83. The van der Waals surface area contributed by atoms with Crippen LogP contribution in [0.15, 0.2) is 0 Å². The minimum Gasteiger partial charge on any atom is -0.477 e. The SMILES string of the molecule is O=C(O)C(F)(F)C(F)(F)OC(F)(F)OC(F)(F)C(F)(Cl)C(F)(F)F. The van der Waals surface area contributed by atoms with Crippen LogP contribution in [-0.4, -0.2) is 46.8 Å². The summed E-state index contributed by atoms with van der Waals surface area (Å²) in [6.07, 6.45) is -27.1. The molecule has 1 atom stereocenters. The lowest BCUT2D eigenvalue weighted by molar-refractivity contribution is -0.541. The van der Waals surface area contributed by atoms with Gasteiger partial charge in [0.05, 0.1) is 0 Å². The zero-order valence-electron chi connectivity index (χ0n) is 10.1. The molecule has 0 amide bonds. The molecule has 0 bridgehead atoms. The first kappa shape index (κ1) is 22.8. The van der Waals surface area contributed by atoms with E-state index in [1.807, 2.05) is 0 Å². The Hall–Kier alpha value is -1.16. The second kappa shape index (κ2) is 5.98. The summed E-state index contributed by atoms with van der Waals surface area (Å²) in [7, 11) is 0. The van der Waals surface area contributed by atoms with Crippen LogP contribution in [0.3, 0.4) is 0 Å². The number of rotatable bonds is 7. The van der Waals surface area contributed by atoms with Gasteiger partial charge in [-0.05, 0) is 0 Å². The van der Waals surface area contributed by atoms with Gasteiger partial charge in [0, 0.05) is 0 Å². The van der Waals surface area contributed by atoms with Gasteiger partial charge in [-0.2, -0.15) is 39.5 Å². The van der Waals surface area contributed by atoms with E-state index in [0.29, 0.717) is 0 Å². The van der Waals surface area contributed by atoms with Crippen molar-refractivity contribution >= 4 is 17.6 Å². The normalized spacial score (nSPS) is 17.5. The molecule has 0 aliphatic carbocycles. The Bertz CT molecular complexity index is 486. The van der Waals surface area contributed by atoms with E-state index < -0.39 is 41.7 Å². The van der Waals surface area contributed by atoms with Gasteiger partial charge in [-0.1, -0.05) is 11.6 Å². The third-order valence-electron chi connectivity index (χ3n) is 1.85. The number of aliphatic carboxylic acids is 1. The van der Waals surface area contributed by atoms with E-state index in [-0.39, 0.29) is 0 Å². The Morgan fingerprint density at radius 1 is 0.750 bits per heavy atom. The van der Waals surface area contributed by atoms with Crippen LogP contribution in [-0.2, 0) is 14.3 Å². The molecule has 24 heavy (non-hydrogen) atoms. The molecule has 144 valence electrons. The zero-order chi connectivity index (χ0) is 20.0. The van der Waals surface area contributed by atoms with Gasteiger partial charge in [0.2, 0.25) is 0 Å². The molecule has 1 unspecified atom stereocenters. The topological polar surface area (TPSA) is 55.8 Å². The molecule has 0 spiro atoms. The predicted octanol–water partition coefficient (Wildman–Crippen LogP) is 3.94. The first-order chi connectivity index (χ1) is 10.1. The van der Waals surface area contributed by atoms with Crippen molar-refractivity contribution < 1.29 is 72.1 Å². The number of halogens is 13. The van der Waals surface area contributed by atoms with Gasteiger partial charge >= 0.3 is 41.7 Å². The Labute approximate surface area is 126 Å². The van der Waals surface area contributed by atoms with Gasteiger partial charge < -0.3 is 5.11 Å². The summed E-state index contributed by atoms with van der Waals surface area (Å²) in [6.45, 7) is 0. The molecule has 0 radical (unpaired) electrons. The van der Waals surface area contributed by atoms with E-state index >= 15 is 0 Å². The van der Waals surface area contributed by atoms with Gasteiger partial charge in [0.15, 0.2) is 0 Å². The maximum absolute atomic E-state index is 12.7. The third kappa shape index (κ3) is 4.27. The fourth-order valence-electron chi connectivity index (χ4n) is 0.737. The van der Waals surface area contributed by atoms with Crippen LogP contribution in [0.5, 0.6) is 0 Å². The summed E-state index contributed by atoms with van der Waals surface area (Å²) in [5.41, 5.74) is 0. The molecule has 0 fully saturated rings. The molecule has 0 heterocycles. The molecule has 0 aromatic carbocycles. The van der Waals surface area contributed by atoms with Crippen LogP contribution in [0.2, 0.25) is 0 Å². The van der Waals surface area contributed by atoms with Crippen LogP contribution in [0.4, 0.5) is 52.7 Å². The summed E-state index contributed by atoms with van der Waals surface area (Å²) in [4.78, 5) is 9.76. The number of hydrogen-bond acceptors (Lipinski definition) is 3. The highest BCUT2D eigenvalue weighted by molar-refractivity contribution is 6.24. The number of carbonyl (C=O) groups is 1. The van der Waals surface area contributed by atoms with Crippen molar-refractivity contribution in [1.29, 1.82) is 0 Å². The lowest BCUT2D eigenvalue weighted by Crippen LogP contribution is -2.58. The van der Waals surface area contributed by atoms with Gasteiger partial charge in [-0.3, -0.25) is 0 Å². The molecular formula is C7HClF12O4. The fraction of sp³-hybridized carbons (Fsp3) is 0.857. The molecule has 0 saturated heterocycles. The molecule has 0 saturated carbocycles. The van der Waals surface area contributed by atoms with Crippen molar-refractivity contribution in [2.45, 2.75) is 35.7 Å². The summed E-state index contributed by atoms with van der Waals surface area (Å²) >= 11 is 3.64. The summed E-state index contributed by atoms with van der Waals surface area (Å²) in [5.74, 6) is -10.2. The van der Waals surface area contributed by atoms with Crippen molar-refractivity contribution in [1.82, 2.24) is 0 Å². The van der Waals surface area contributed by atoms with E-state index in [2.05, 4.69) is 11.6 Å². The number of carboxylic acid groups (broad SMARTS) is 1. The molecule has 0 aliphatic heterocycles. The molecule has 17 heteroatoms.